The fourth-order valence-corrected chi connectivity index (χ4v) is 3.73. The lowest BCUT2D eigenvalue weighted by atomic mass is 9.94. The van der Waals surface area contributed by atoms with Gasteiger partial charge in [0, 0.05) is 37.8 Å². The van der Waals surface area contributed by atoms with E-state index in [1.807, 2.05) is 44.3 Å². The maximum Gasteiger partial charge on any atom is 0.262 e. The molecule has 7 heteroatoms. The molecule has 3 heterocycles. The van der Waals surface area contributed by atoms with Crippen LogP contribution in [-0.2, 0) is 11.3 Å². The van der Waals surface area contributed by atoms with Crippen molar-refractivity contribution in [3.8, 4) is 0 Å². The van der Waals surface area contributed by atoms with Crippen LogP contribution in [0.1, 0.15) is 38.2 Å². The normalized spacial score (nSPS) is 14.9. The lowest BCUT2D eigenvalue weighted by Gasteiger charge is -2.24. The Hall–Kier alpha value is -3.22. The van der Waals surface area contributed by atoms with Gasteiger partial charge in [0.15, 0.2) is 0 Å². The summed E-state index contributed by atoms with van der Waals surface area (Å²) in [5.41, 5.74) is 1.03. The van der Waals surface area contributed by atoms with E-state index in [2.05, 4.69) is 15.6 Å². The molecule has 0 radical (unpaired) electrons. The van der Waals surface area contributed by atoms with Crippen molar-refractivity contribution in [2.45, 2.75) is 52.1 Å². The third-order valence-electron chi connectivity index (χ3n) is 5.36. The Kier molecular flexibility index (Phi) is 5.29. The highest BCUT2D eigenvalue weighted by Crippen LogP contribution is 2.27. The topological polar surface area (TPSA) is 88.9 Å². The van der Waals surface area contributed by atoms with Gasteiger partial charge < -0.3 is 15.2 Å². The first-order valence-corrected chi connectivity index (χ1v) is 10.1. The minimum Gasteiger partial charge on any atom is -0.367 e. The predicted molar refractivity (Wildman–Crippen MR) is 115 cm³/mol. The van der Waals surface area contributed by atoms with Gasteiger partial charge in [-0.25, -0.2) is 9.97 Å². The van der Waals surface area contributed by atoms with E-state index in [1.165, 1.54) is 0 Å². The molecule has 4 rings (SSSR count). The van der Waals surface area contributed by atoms with E-state index in [4.69, 9.17) is 4.98 Å². The molecule has 1 saturated carbocycles. The summed E-state index contributed by atoms with van der Waals surface area (Å²) in [4.78, 5) is 33.6. The molecule has 29 heavy (non-hydrogen) atoms. The van der Waals surface area contributed by atoms with Gasteiger partial charge in [0.2, 0.25) is 0 Å². The van der Waals surface area contributed by atoms with Crippen LogP contribution in [0.2, 0.25) is 0 Å². The van der Waals surface area contributed by atoms with Crippen molar-refractivity contribution in [2.24, 2.45) is 0 Å². The lowest BCUT2D eigenvalue weighted by Crippen LogP contribution is -2.28. The number of Topliss-reactive ketones (excluding diaryl/α,β-unsaturated/α-hetero) is 1. The summed E-state index contributed by atoms with van der Waals surface area (Å²) >= 11 is 0. The number of rotatable bonds is 5. The van der Waals surface area contributed by atoms with Gasteiger partial charge in [-0.3, -0.25) is 9.59 Å². The zero-order chi connectivity index (χ0) is 20.4. The van der Waals surface area contributed by atoms with Crippen molar-refractivity contribution in [2.75, 3.05) is 10.6 Å². The molecule has 0 spiro atoms. The van der Waals surface area contributed by atoms with E-state index in [-0.39, 0.29) is 11.6 Å². The number of nitrogens with one attached hydrogen (secondary N) is 2. The van der Waals surface area contributed by atoms with E-state index >= 15 is 0 Å². The van der Waals surface area contributed by atoms with Crippen molar-refractivity contribution < 1.29 is 4.79 Å². The van der Waals surface area contributed by atoms with Gasteiger partial charge in [0.05, 0.1) is 5.39 Å². The summed E-state index contributed by atoms with van der Waals surface area (Å²) in [5, 5.41) is 8.08. The molecule has 2 N–H and O–H groups in total. The standard InChI is InChI=1S/C22H25N5O2/c1-3-27-11-9-15-13-19(25-18-12-14(2)8-10-23-18)26-21(20(15)22(27)29)24-16-4-6-17(28)7-5-16/h8-13,16H,3-7H2,1-2H3,(H2,23,24,25,26). The Labute approximate surface area is 169 Å². The molecule has 0 bridgehead atoms. The highest BCUT2D eigenvalue weighted by atomic mass is 16.1. The Morgan fingerprint density at radius 1 is 1.14 bits per heavy atom. The Morgan fingerprint density at radius 3 is 2.66 bits per heavy atom. The van der Waals surface area contributed by atoms with Gasteiger partial charge in [0.1, 0.15) is 23.2 Å². The average Bonchev–Trinajstić information content (AvgIpc) is 2.70. The molecular formula is C22H25N5O2. The van der Waals surface area contributed by atoms with E-state index in [0.717, 1.165) is 23.8 Å². The third kappa shape index (κ3) is 4.13. The second kappa shape index (κ2) is 8.03. The number of aromatic nitrogens is 3. The summed E-state index contributed by atoms with van der Waals surface area (Å²) in [6, 6.07) is 7.82. The first-order chi connectivity index (χ1) is 14.0. The second-order valence-corrected chi connectivity index (χ2v) is 7.53. The fraction of sp³-hybridized carbons (Fsp3) is 0.364. The maximum absolute atomic E-state index is 13.0. The number of carbonyl (C=O) groups excluding carboxylic acids is 1. The molecule has 1 aliphatic carbocycles. The number of fused-ring (bicyclic) bond motifs is 1. The number of carbonyl (C=O) groups is 1. The van der Waals surface area contributed by atoms with Crippen LogP contribution in [0.4, 0.5) is 17.5 Å². The molecule has 0 saturated heterocycles. The Balaban J connectivity index is 1.76. The molecule has 0 aliphatic heterocycles. The largest absolute Gasteiger partial charge is 0.367 e. The summed E-state index contributed by atoms with van der Waals surface area (Å²) in [5.74, 6) is 2.19. The van der Waals surface area contributed by atoms with Crippen LogP contribution in [0, 0.1) is 6.92 Å². The van der Waals surface area contributed by atoms with Crippen molar-refractivity contribution in [3.63, 3.8) is 0 Å². The molecule has 3 aromatic rings. The minimum absolute atomic E-state index is 0.0629. The van der Waals surface area contributed by atoms with Crippen molar-refractivity contribution in [1.29, 1.82) is 0 Å². The van der Waals surface area contributed by atoms with Gasteiger partial charge in [-0.1, -0.05) is 0 Å². The Bertz CT molecular complexity index is 1110. The van der Waals surface area contributed by atoms with Gasteiger partial charge in [-0.2, -0.15) is 0 Å². The van der Waals surface area contributed by atoms with E-state index in [0.29, 0.717) is 48.0 Å². The van der Waals surface area contributed by atoms with Gasteiger partial charge in [-0.05, 0) is 61.9 Å². The van der Waals surface area contributed by atoms with E-state index < -0.39 is 0 Å². The van der Waals surface area contributed by atoms with Crippen molar-refractivity contribution in [3.05, 3.63) is 52.6 Å². The molecule has 7 nitrogen and oxygen atoms in total. The van der Waals surface area contributed by atoms with Gasteiger partial charge >= 0.3 is 0 Å². The molecule has 1 aliphatic rings. The number of pyridine rings is 3. The van der Waals surface area contributed by atoms with Crippen LogP contribution in [0.15, 0.2) is 41.5 Å². The van der Waals surface area contributed by atoms with Crippen LogP contribution < -0.4 is 16.2 Å². The van der Waals surface area contributed by atoms with Crippen LogP contribution in [0.5, 0.6) is 0 Å². The summed E-state index contributed by atoms with van der Waals surface area (Å²) in [7, 11) is 0. The van der Waals surface area contributed by atoms with E-state index in [9.17, 15) is 9.59 Å². The number of ketones is 1. The van der Waals surface area contributed by atoms with Crippen LogP contribution >= 0.6 is 0 Å². The quantitative estimate of drug-likeness (QED) is 0.688. The average molecular weight is 391 g/mol. The van der Waals surface area contributed by atoms with Crippen LogP contribution in [0.25, 0.3) is 10.8 Å². The van der Waals surface area contributed by atoms with Crippen molar-refractivity contribution >= 4 is 34.0 Å². The number of anilines is 3. The number of nitrogens with zero attached hydrogens (tertiary/aromatic N) is 3. The summed E-state index contributed by atoms with van der Waals surface area (Å²) in [6.45, 7) is 4.55. The molecule has 0 unspecified atom stereocenters. The van der Waals surface area contributed by atoms with E-state index in [1.54, 1.807) is 10.8 Å². The monoisotopic (exact) mass is 391 g/mol. The van der Waals surface area contributed by atoms with Crippen LogP contribution in [-0.4, -0.2) is 26.4 Å². The first-order valence-electron chi connectivity index (χ1n) is 10.1. The van der Waals surface area contributed by atoms with Crippen molar-refractivity contribution in [1.82, 2.24) is 14.5 Å². The summed E-state index contributed by atoms with van der Waals surface area (Å²) in [6.07, 6.45) is 6.21. The van der Waals surface area contributed by atoms with Gasteiger partial charge in [0.25, 0.3) is 5.56 Å². The minimum atomic E-state index is -0.0629. The molecule has 0 aromatic carbocycles. The third-order valence-corrected chi connectivity index (χ3v) is 5.36. The molecule has 0 amide bonds. The number of aryl methyl sites for hydroxylation is 2. The van der Waals surface area contributed by atoms with Crippen LogP contribution in [0.3, 0.4) is 0 Å². The maximum atomic E-state index is 13.0. The lowest BCUT2D eigenvalue weighted by molar-refractivity contribution is -0.120. The zero-order valence-corrected chi connectivity index (χ0v) is 16.7. The fourth-order valence-electron chi connectivity index (χ4n) is 3.73. The smallest absolute Gasteiger partial charge is 0.262 e. The first kappa shape index (κ1) is 19.1. The molecule has 3 aromatic heterocycles. The van der Waals surface area contributed by atoms with Gasteiger partial charge in [-0.15, -0.1) is 0 Å². The SMILES string of the molecule is CCn1ccc2cc(Nc3cc(C)ccn3)nc(NC3CCC(=O)CC3)c2c1=O. The highest BCUT2D eigenvalue weighted by Gasteiger charge is 2.21. The highest BCUT2D eigenvalue weighted by molar-refractivity contribution is 5.93. The predicted octanol–water partition coefficient (Wildman–Crippen LogP) is 3.79. The number of hydrogen-bond acceptors (Lipinski definition) is 6. The Morgan fingerprint density at radius 2 is 1.93 bits per heavy atom. The summed E-state index contributed by atoms with van der Waals surface area (Å²) < 4.78 is 1.68. The molecule has 0 atom stereocenters. The molecule has 150 valence electrons. The zero-order valence-electron chi connectivity index (χ0n) is 16.7. The molecule has 1 fully saturated rings. The second-order valence-electron chi connectivity index (χ2n) is 7.53. The number of hydrogen-bond donors (Lipinski definition) is 2. The molecular weight excluding hydrogens is 366 g/mol.